The van der Waals surface area contributed by atoms with Gasteiger partial charge in [0.2, 0.25) is 0 Å². The summed E-state index contributed by atoms with van der Waals surface area (Å²) in [6.07, 6.45) is 0.619. The van der Waals surface area contributed by atoms with Gasteiger partial charge in [-0.25, -0.2) is 0 Å². The first-order chi connectivity index (χ1) is 11.5. The lowest BCUT2D eigenvalue weighted by Gasteiger charge is -2.20. The van der Waals surface area contributed by atoms with Gasteiger partial charge < -0.3 is 14.8 Å². The molecular formula is C17H14BrCl2NO3. The van der Waals surface area contributed by atoms with Gasteiger partial charge in [0.15, 0.2) is 11.5 Å². The molecule has 1 N–H and O–H groups in total. The van der Waals surface area contributed by atoms with Crippen molar-refractivity contribution in [1.82, 2.24) is 5.32 Å². The summed E-state index contributed by atoms with van der Waals surface area (Å²) in [4.78, 5) is 12.2. The van der Waals surface area contributed by atoms with Crippen LogP contribution in [0.15, 0.2) is 34.8 Å². The SMILES string of the molecule is O=C(NCCc1cc(Cl)c2c(c1)OCCO2)c1cc(Br)ccc1Cl. The third kappa shape index (κ3) is 3.97. The van der Waals surface area contributed by atoms with Crippen LogP contribution >= 0.6 is 39.1 Å². The number of ether oxygens (including phenoxy) is 2. The highest BCUT2D eigenvalue weighted by molar-refractivity contribution is 9.10. The molecule has 0 spiro atoms. The summed E-state index contributed by atoms with van der Waals surface area (Å²) in [7, 11) is 0. The number of halogens is 3. The fourth-order valence-corrected chi connectivity index (χ4v) is 3.25. The van der Waals surface area contributed by atoms with Gasteiger partial charge in [0.25, 0.3) is 5.91 Å². The van der Waals surface area contributed by atoms with E-state index in [4.69, 9.17) is 32.7 Å². The summed E-state index contributed by atoms with van der Waals surface area (Å²) in [6, 6.07) is 8.88. The second kappa shape index (κ2) is 7.64. The molecule has 1 amide bonds. The smallest absolute Gasteiger partial charge is 0.252 e. The van der Waals surface area contributed by atoms with E-state index in [0.717, 1.165) is 10.0 Å². The third-order valence-corrected chi connectivity index (χ3v) is 4.63. The van der Waals surface area contributed by atoms with Crippen molar-refractivity contribution in [2.75, 3.05) is 19.8 Å². The van der Waals surface area contributed by atoms with E-state index in [1.54, 1.807) is 18.2 Å². The first kappa shape index (κ1) is 17.4. The van der Waals surface area contributed by atoms with Crippen molar-refractivity contribution < 1.29 is 14.3 Å². The third-order valence-electron chi connectivity index (χ3n) is 3.53. The number of nitrogens with one attached hydrogen (secondary N) is 1. The molecule has 0 saturated heterocycles. The molecule has 2 aromatic carbocycles. The zero-order valence-corrected chi connectivity index (χ0v) is 15.7. The lowest BCUT2D eigenvalue weighted by atomic mass is 10.1. The number of fused-ring (bicyclic) bond motifs is 1. The predicted octanol–water partition coefficient (Wildman–Crippen LogP) is 4.50. The van der Waals surface area contributed by atoms with Crippen LogP contribution in [0.2, 0.25) is 10.0 Å². The quantitative estimate of drug-likeness (QED) is 0.776. The van der Waals surface area contributed by atoms with E-state index in [1.165, 1.54) is 0 Å². The summed E-state index contributed by atoms with van der Waals surface area (Å²) in [5, 5.41) is 3.79. The first-order valence-electron chi connectivity index (χ1n) is 7.36. The zero-order valence-electron chi connectivity index (χ0n) is 12.6. The van der Waals surface area contributed by atoms with Gasteiger partial charge in [-0.2, -0.15) is 0 Å². The minimum atomic E-state index is -0.218. The molecule has 0 aliphatic carbocycles. The number of hydrogen-bond acceptors (Lipinski definition) is 3. The van der Waals surface area contributed by atoms with E-state index < -0.39 is 0 Å². The van der Waals surface area contributed by atoms with E-state index in [-0.39, 0.29) is 5.91 Å². The first-order valence-corrected chi connectivity index (χ1v) is 8.91. The minimum Gasteiger partial charge on any atom is -0.486 e. The Morgan fingerprint density at radius 2 is 1.92 bits per heavy atom. The van der Waals surface area contributed by atoms with Crippen LogP contribution in [-0.2, 0) is 6.42 Å². The van der Waals surface area contributed by atoms with Crippen molar-refractivity contribution in [3.05, 3.63) is 56.0 Å². The predicted molar refractivity (Wildman–Crippen MR) is 97.6 cm³/mol. The maximum absolute atomic E-state index is 12.2. The largest absolute Gasteiger partial charge is 0.486 e. The van der Waals surface area contributed by atoms with Gasteiger partial charge in [-0.1, -0.05) is 39.1 Å². The second-order valence-electron chi connectivity index (χ2n) is 5.23. The van der Waals surface area contributed by atoms with Gasteiger partial charge in [-0.3, -0.25) is 4.79 Å². The zero-order chi connectivity index (χ0) is 17.1. The Morgan fingerprint density at radius 3 is 2.75 bits per heavy atom. The Balaban J connectivity index is 1.63. The summed E-state index contributed by atoms with van der Waals surface area (Å²) in [6.45, 7) is 1.46. The van der Waals surface area contributed by atoms with Gasteiger partial charge in [-0.15, -0.1) is 0 Å². The molecule has 24 heavy (non-hydrogen) atoms. The average Bonchev–Trinajstić information content (AvgIpc) is 2.57. The number of benzene rings is 2. The topological polar surface area (TPSA) is 47.6 Å². The molecule has 0 fully saturated rings. The lowest BCUT2D eigenvalue weighted by Crippen LogP contribution is -2.26. The maximum Gasteiger partial charge on any atom is 0.252 e. The molecule has 3 rings (SSSR count). The molecule has 0 atom stereocenters. The van der Waals surface area contributed by atoms with E-state index in [1.807, 2.05) is 12.1 Å². The van der Waals surface area contributed by atoms with E-state index in [0.29, 0.717) is 53.3 Å². The molecule has 1 aliphatic heterocycles. The van der Waals surface area contributed by atoms with Crippen LogP contribution in [0.1, 0.15) is 15.9 Å². The second-order valence-corrected chi connectivity index (χ2v) is 6.96. The van der Waals surface area contributed by atoms with Crippen molar-refractivity contribution >= 4 is 45.0 Å². The van der Waals surface area contributed by atoms with E-state index in [2.05, 4.69) is 21.2 Å². The van der Waals surface area contributed by atoms with Crippen LogP contribution in [0.4, 0.5) is 0 Å². The molecule has 0 saturated carbocycles. The summed E-state index contributed by atoms with van der Waals surface area (Å²) in [5.74, 6) is 1.01. The number of amides is 1. The number of hydrogen-bond donors (Lipinski definition) is 1. The molecule has 2 aromatic rings. The van der Waals surface area contributed by atoms with Crippen LogP contribution in [0.5, 0.6) is 11.5 Å². The van der Waals surface area contributed by atoms with E-state index in [9.17, 15) is 4.79 Å². The van der Waals surface area contributed by atoms with Crippen molar-refractivity contribution in [3.8, 4) is 11.5 Å². The van der Waals surface area contributed by atoms with Crippen LogP contribution in [0, 0.1) is 0 Å². The standard InChI is InChI=1S/C17H14BrCl2NO3/c18-11-1-2-13(19)12(9-11)17(22)21-4-3-10-7-14(20)16-15(8-10)23-5-6-24-16/h1-2,7-9H,3-6H2,(H,21,22). The summed E-state index contributed by atoms with van der Waals surface area (Å²) >= 11 is 15.6. The fourth-order valence-electron chi connectivity index (χ4n) is 2.40. The molecule has 0 radical (unpaired) electrons. The molecule has 4 nitrogen and oxygen atoms in total. The van der Waals surface area contributed by atoms with Gasteiger partial charge in [0.1, 0.15) is 13.2 Å². The molecule has 7 heteroatoms. The normalized spacial score (nSPS) is 12.8. The highest BCUT2D eigenvalue weighted by Gasteiger charge is 2.17. The Kier molecular flexibility index (Phi) is 5.54. The Labute approximate surface area is 158 Å². The molecule has 126 valence electrons. The van der Waals surface area contributed by atoms with Crippen molar-refractivity contribution in [3.63, 3.8) is 0 Å². The van der Waals surface area contributed by atoms with Crippen LogP contribution < -0.4 is 14.8 Å². The monoisotopic (exact) mass is 429 g/mol. The number of rotatable bonds is 4. The Bertz CT molecular complexity index is 783. The van der Waals surface area contributed by atoms with Crippen molar-refractivity contribution in [2.45, 2.75) is 6.42 Å². The lowest BCUT2D eigenvalue weighted by molar-refractivity contribution is 0.0954. The Hall–Kier alpha value is -1.43. The highest BCUT2D eigenvalue weighted by atomic mass is 79.9. The summed E-state index contributed by atoms with van der Waals surface area (Å²) in [5.41, 5.74) is 1.40. The van der Waals surface area contributed by atoms with Crippen molar-refractivity contribution in [1.29, 1.82) is 0 Å². The Morgan fingerprint density at radius 1 is 1.12 bits per heavy atom. The van der Waals surface area contributed by atoms with Gasteiger partial charge in [0.05, 0.1) is 15.6 Å². The molecule has 0 unspecified atom stereocenters. The summed E-state index contributed by atoms with van der Waals surface area (Å²) < 4.78 is 11.8. The van der Waals surface area contributed by atoms with Gasteiger partial charge in [0, 0.05) is 11.0 Å². The maximum atomic E-state index is 12.2. The molecule has 0 bridgehead atoms. The number of carbonyl (C=O) groups excluding carboxylic acids is 1. The average molecular weight is 431 g/mol. The van der Waals surface area contributed by atoms with Crippen LogP contribution in [-0.4, -0.2) is 25.7 Å². The molecular weight excluding hydrogens is 417 g/mol. The fraction of sp³-hybridized carbons (Fsp3) is 0.235. The molecule has 1 heterocycles. The van der Waals surface area contributed by atoms with Crippen LogP contribution in [0.25, 0.3) is 0 Å². The van der Waals surface area contributed by atoms with Gasteiger partial charge >= 0.3 is 0 Å². The molecule has 1 aliphatic rings. The van der Waals surface area contributed by atoms with Crippen LogP contribution in [0.3, 0.4) is 0 Å². The number of carbonyl (C=O) groups is 1. The van der Waals surface area contributed by atoms with Gasteiger partial charge in [-0.05, 0) is 42.3 Å². The molecule has 0 aromatic heterocycles. The van der Waals surface area contributed by atoms with Crippen molar-refractivity contribution in [2.24, 2.45) is 0 Å². The highest BCUT2D eigenvalue weighted by Crippen LogP contribution is 2.38. The minimum absolute atomic E-state index is 0.218. The van der Waals surface area contributed by atoms with E-state index >= 15 is 0 Å².